The second-order valence-corrected chi connectivity index (χ2v) is 4.86. The fourth-order valence-corrected chi connectivity index (χ4v) is 2.19. The van der Waals surface area contributed by atoms with Crippen molar-refractivity contribution in [3.63, 3.8) is 0 Å². The van der Waals surface area contributed by atoms with Crippen molar-refractivity contribution in [3.05, 3.63) is 71.0 Å². The largest absolute Gasteiger partial charge is 0.295 e. The van der Waals surface area contributed by atoms with E-state index in [1.54, 1.807) is 31.0 Å². The number of benzene rings is 2. The van der Waals surface area contributed by atoms with Crippen molar-refractivity contribution in [1.29, 1.82) is 0 Å². The summed E-state index contributed by atoms with van der Waals surface area (Å²) in [5, 5.41) is 0. The molecular weight excluding hydrogens is 263 g/mol. The Morgan fingerprint density at radius 2 is 1.60 bits per heavy atom. The highest BCUT2D eigenvalue weighted by atomic mass is 19.1. The molecule has 0 N–H and O–H groups in total. The van der Waals surface area contributed by atoms with Crippen LogP contribution in [0.1, 0.15) is 24.1 Å². The van der Waals surface area contributed by atoms with Crippen LogP contribution >= 0.6 is 0 Å². The van der Waals surface area contributed by atoms with Gasteiger partial charge in [0.1, 0.15) is 17.5 Å². The molecule has 0 amide bonds. The highest BCUT2D eigenvalue weighted by Gasteiger charge is 2.19. The molecule has 1 unspecified atom stereocenters. The molecule has 1 nitrogen and oxygen atoms in total. The van der Waals surface area contributed by atoms with Crippen LogP contribution < -0.4 is 0 Å². The van der Waals surface area contributed by atoms with E-state index in [1.807, 2.05) is 0 Å². The Balaban J connectivity index is 2.18. The van der Waals surface area contributed by atoms with E-state index >= 15 is 0 Å². The highest BCUT2D eigenvalue weighted by Crippen LogP contribution is 2.25. The van der Waals surface area contributed by atoms with Gasteiger partial charge < -0.3 is 0 Å². The van der Waals surface area contributed by atoms with Gasteiger partial charge in [0.15, 0.2) is 0 Å². The fourth-order valence-electron chi connectivity index (χ4n) is 2.19. The Bertz CT molecular complexity index is 578. The quantitative estimate of drug-likeness (QED) is 0.806. The number of rotatable bonds is 4. The van der Waals surface area contributed by atoms with Crippen LogP contribution in [0.5, 0.6) is 0 Å². The summed E-state index contributed by atoms with van der Waals surface area (Å²) in [5.74, 6) is -1.45. The lowest BCUT2D eigenvalue weighted by Gasteiger charge is -2.25. The zero-order valence-corrected chi connectivity index (χ0v) is 11.4. The summed E-state index contributed by atoms with van der Waals surface area (Å²) in [6, 6.07) is 9.56. The zero-order chi connectivity index (χ0) is 14.7. The molecule has 2 rings (SSSR count). The van der Waals surface area contributed by atoms with Gasteiger partial charge in [0.25, 0.3) is 0 Å². The minimum absolute atomic E-state index is 0.0337. The van der Waals surface area contributed by atoms with Gasteiger partial charge in [-0.15, -0.1) is 0 Å². The summed E-state index contributed by atoms with van der Waals surface area (Å²) >= 11 is 0. The predicted molar refractivity (Wildman–Crippen MR) is 72.6 cm³/mol. The van der Waals surface area contributed by atoms with E-state index in [4.69, 9.17) is 0 Å². The molecule has 0 spiro atoms. The molecule has 0 aliphatic heterocycles. The lowest BCUT2D eigenvalue weighted by atomic mass is 10.1. The van der Waals surface area contributed by atoms with Crippen LogP contribution in [0.4, 0.5) is 13.2 Å². The Labute approximate surface area is 116 Å². The summed E-state index contributed by atoms with van der Waals surface area (Å²) in [4.78, 5) is 1.77. The van der Waals surface area contributed by atoms with Crippen molar-refractivity contribution in [2.75, 3.05) is 7.05 Å². The van der Waals surface area contributed by atoms with Gasteiger partial charge in [-0.05, 0) is 43.8 Å². The number of halogens is 3. The maximum absolute atomic E-state index is 13.7. The minimum Gasteiger partial charge on any atom is -0.295 e. The van der Waals surface area contributed by atoms with Crippen molar-refractivity contribution in [1.82, 2.24) is 4.90 Å². The van der Waals surface area contributed by atoms with E-state index in [1.165, 1.54) is 30.3 Å². The van der Waals surface area contributed by atoms with Gasteiger partial charge in [0.05, 0.1) is 0 Å². The van der Waals surface area contributed by atoms with Crippen molar-refractivity contribution in [3.8, 4) is 0 Å². The van der Waals surface area contributed by atoms with Gasteiger partial charge in [0, 0.05) is 18.2 Å². The standard InChI is InChI=1S/C16H16F3N/c1-11(16-14(18)7-4-8-15(16)19)20(2)10-12-5-3-6-13(17)9-12/h3-9,11H,10H2,1-2H3. The van der Waals surface area contributed by atoms with Crippen molar-refractivity contribution in [2.45, 2.75) is 19.5 Å². The second-order valence-electron chi connectivity index (χ2n) is 4.86. The SMILES string of the molecule is CC(c1c(F)cccc1F)N(C)Cc1cccc(F)c1. The Hall–Kier alpha value is -1.81. The van der Waals surface area contributed by atoms with Gasteiger partial charge in [-0.3, -0.25) is 4.90 Å². The summed E-state index contributed by atoms with van der Waals surface area (Å²) in [6.07, 6.45) is 0. The van der Waals surface area contributed by atoms with Crippen LogP contribution in [-0.2, 0) is 6.54 Å². The molecule has 0 aromatic heterocycles. The van der Waals surface area contributed by atoms with Crippen molar-refractivity contribution < 1.29 is 13.2 Å². The third-order valence-electron chi connectivity index (χ3n) is 3.40. The smallest absolute Gasteiger partial charge is 0.130 e. The maximum atomic E-state index is 13.7. The summed E-state index contributed by atoms with van der Waals surface area (Å²) in [6.45, 7) is 2.13. The van der Waals surface area contributed by atoms with Crippen LogP contribution in [0, 0.1) is 17.5 Å². The number of hydrogen-bond donors (Lipinski definition) is 0. The van der Waals surface area contributed by atoms with Crippen molar-refractivity contribution in [2.24, 2.45) is 0 Å². The molecule has 0 fully saturated rings. The molecule has 0 aliphatic rings. The van der Waals surface area contributed by atoms with Gasteiger partial charge >= 0.3 is 0 Å². The van der Waals surface area contributed by atoms with Crippen LogP contribution in [0.2, 0.25) is 0 Å². The lowest BCUT2D eigenvalue weighted by Crippen LogP contribution is -2.23. The lowest BCUT2D eigenvalue weighted by molar-refractivity contribution is 0.242. The van der Waals surface area contributed by atoms with Gasteiger partial charge in [-0.2, -0.15) is 0 Å². The number of nitrogens with zero attached hydrogens (tertiary/aromatic N) is 1. The first-order valence-corrected chi connectivity index (χ1v) is 6.37. The third-order valence-corrected chi connectivity index (χ3v) is 3.40. The number of hydrogen-bond acceptors (Lipinski definition) is 1. The monoisotopic (exact) mass is 279 g/mol. The average molecular weight is 279 g/mol. The van der Waals surface area contributed by atoms with Crippen LogP contribution in [0.3, 0.4) is 0 Å². The molecule has 20 heavy (non-hydrogen) atoms. The van der Waals surface area contributed by atoms with E-state index in [0.29, 0.717) is 6.54 Å². The van der Waals surface area contributed by atoms with E-state index < -0.39 is 17.7 Å². The first-order chi connectivity index (χ1) is 9.49. The molecule has 0 saturated heterocycles. The van der Waals surface area contributed by atoms with Crippen molar-refractivity contribution >= 4 is 0 Å². The Kier molecular flexibility index (Phi) is 4.45. The maximum Gasteiger partial charge on any atom is 0.130 e. The molecule has 1 atom stereocenters. The first kappa shape index (κ1) is 14.6. The zero-order valence-electron chi connectivity index (χ0n) is 11.4. The predicted octanol–water partition coefficient (Wildman–Crippen LogP) is 4.30. The Morgan fingerprint density at radius 1 is 1.00 bits per heavy atom. The molecule has 0 aliphatic carbocycles. The highest BCUT2D eigenvalue weighted by molar-refractivity contribution is 5.23. The molecule has 0 bridgehead atoms. The molecule has 0 heterocycles. The molecule has 2 aromatic rings. The van der Waals surface area contributed by atoms with Gasteiger partial charge in [-0.1, -0.05) is 18.2 Å². The van der Waals surface area contributed by atoms with E-state index in [2.05, 4.69) is 0 Å². The topological polar surface area (TPSA) is 3.24 Å². The van der Waals surface area contributed by atoms with Gasteiger partial charge in [-0.25, -0.2) is 13.2 Å². The molecule has 2 aromatic carbocycles. The molecule has 106 valence electrons. The molecular formula is C16H16F3N. The first-order valence-electron chi connectivity index (χ1n) is 6.37. The van der Waals surface area contributed by atoms with E-state index in [-0.39, 0.29) is 11.4 Å². The fraction of sp³-hybridized carbons (Fsp3) is 0.250. The second kappa shape index (κ2) is 6.09. The average Bonchev–Trinajstić information content (AvgIpc) is 2.38. The molecule has 0 radical (unpaired) electrons. The molecule has 0 saturated carbocycles. The minimum atomic E-state index is -0.566. The van der Waals surface area contributed by atoms with Crippen LogP contribution in [-0.4, -0.2) is 11.9 Å². The van der Waals surface area contributed by atoms with Crippen LogP contribution in [0.15, 0.2) is 42.5 Å². The normalized spacial score (nSPS) is 12.7. The molecule has 4 heteroatoms. The van der Waals surface area contributed by atoms with E-state index in [9.17, 15) is 13.2 Å². The van der Waals surface area contributed by atoms with Crippen LogP contribution in [0.25, 0.3) is 0 Å². The summed E-state index contributed by atoms with van der Waals surface area (Å²) in [5.41, 5.74) is 0.794. The Morgan fingerprint density at radius 3 is 2.20 bits per heavy atom. The van der Waals surface area contributed by atoms with Gasteiger partial charge in [0.2, 0.25) is 0 Å². The third kappa shape index (κ3) is 3.20. The van der Waals surface area contributed by atoms with E-state index in [0.717, 1.165) is 5.56 Å². The summed E-state index contributed by atoms with van der Waals surface area (Å²) < 4.78 is 40.6. The summed E-state index contributed by atoms with van der Waals surface area (Å²) in [7, 11) is 1.75.